The largest absolute Gasteiger partial charge is 0.362 e. The van der Waals surface area contributed by atoms with Crippen LogP contribution >= 0.6 is 11.8 Å². The first kappa shape index (κ1) is 14.2. The van der Waals surface area contributed by atoms with Crippen LogP contribution in [0.5, 0.6) is 0 Å². The third-order valence-electron chi connectivity index (χ3n) is 4.44. The smallest absolute Gasteiger partial charge is 0.157 e. The van der Waals surface area contributed by atoms with Crippen molar-refractivity contribution in [1.29, 1.82) is 0 Å². The highest BCUT2D eigenvalue weighted by Gasteiger charge is 2.27. The van der Waals surface area contributed by atoms with Crippen molar-refractivity contribution < 1.29 is 0 Å². The normalized spacial score (nSPS) is 26.2. The molecule has 2 aliphatic rings. The molecule has 1 saturated carbocycles. The molecule has 1 heterocycles. The van der Waals surface area contributed by atoms with Gasteiger partial charge >= 0.3 is 0 Å². The molecule has 0 aromatic carbocycles. The first-order valence-corrected chi connectivity index (χ1v) is 8.69. The van der Waals surface area contributed by atoms with Gasteiger partial charge in [-0.05, 0) is 18.8 Å². The average molecular weight is 268 g/mol. The van der Waals surface area contributed by atoms with Crippen LogP contribution in [0.3, 0.4) is 0 Å². The number of nitrogens with zero attached hydrogens (tertiary/aromatic N) is 1. The van der Waals surface area contributed by atoms with Crippen LogP contribution < -0.4 is 5.32 Å². The molecule has 2 rings (SSSR count). The molecule has 2 nitrogen and oxygen atoms in total. The van der Waals surface area contributed by atoms with Gasteiger partial charge in [-0.1, -0.05) is 64.1 Å². The number of nitrogens with one attached hydrogen (secondary N) is 1. The molecule has 1 unspecified atom stereocenters. The number of aliphatic imine (C=N–C) groups is 1. The zero-order valence-corrected chi connectivity index (χ0v) is 12.8. The Morgan fingerprint density at radius 3 is 2.44 bits per heavy atom. The second-order valence-corrected chi connectivity index (χ2v) is 6.94. The van der Waals surface area contributed by atoms with E-state index in [1.54, 1.807) is 0 Å². The summed E-state index contributed by atoms with van der Waals surface area (Å²) in [7, 11) is 0. The number of thioether (sulfide) groups is 1. The fraction of sp³-hybridized carbons (Fsp3) is 0.933. The highest BCUT2D eigenvalue weighted by molar-refractivity contribution is 8.14. The van der Waals surface area contributed by atoms with Crippen molar-refractivity contribution in [1.82, 2.24) is 5.32 Å². The highest BCUT2D eigenvalue weighted by Crippen LogP contribution is 2.31. The number of rotatable bonds is 4. The van der Waals surface area contributed by atoms with E-state index in [9.17, 15) is 0 Å². The van der Waals surface area contributed by atoms with E-state index in [4.69, 9.17) is 4.99 Å². The van der Waals surface area contributed by atoms with Gasteiger partial charge in [-0.2, -0.15) is 0 Å². The molecule has 18 heavy (non-hydrogen) atoms. The van der Waals surface area contributed by atoms with Crippen molar-refractivity contribution in [2.75, 3.05) is 6.54 Å². The maximum Gasteiger partial charge on any atom is 0.157 e. The van der Waals surface area contributed by atoms with Crippen LogP contribution in [0.25, 0.3) is 0 Å². The molecule has 1 fully saturated rings. The Labute approximate surface area is 116 Å². The maximum atomic E-state index is 4.73. The molecule has 0 aromatic rings. The number of hydrogen-bond acceptors (Lipinski definition) is 3. The molecule has 0 spiro atoms. The molecule has 0 bridgehead atoms. The highest BCUT2D eigenvalue weighted by atomic mass is 32.2. The van der Waals surface area contributed by atoms with Crippen molar-refractivity contribution in [3.8, 4) is 0 Å². The van der Waals surface area contributed by atoms with Crippen LogP contribution in [0.15, 0.2) is 4.99 Å². The Kier molecular flexibility index (Phi) is 5.87. The van der Waals surface area contributed by atoms with E-state index in [2.05, 4.69) is 19.2 Å². The van der Waals surface area contributed by atoms with E-state index in [1.165, 1.54) is 56.5 Å². The third-order valence-corrected chi connectivity index (χ3v) is 5.74. The summed E-state index contributed by atoms with van der Waals surface area (Å²) in [4.78, 5) is 4.73. The van der Waals surface area contributed by atoms with E-state index in [0.717, 1.165) is 17.7 Å². The van der Waals surface area contributed by atoms with Crippen molar-refractivity contribution in [2.24, 2.45) is 10.9 Å². The Morgan fingerprint density at radius 1 is 1.17 bits per heavy atom. The SMILES string of the molecule is CCC(CC)C1CN=C(NC2CCCCCC2)S1. The summed E-state index contributed by atoms with van der Waals surface area (Å²) in [5.74, 6) is 0.840. The summed E-state index contributed by atoms with van der Waals surface area (Å²) in [5, 5.41) is 5.67. The van der Waals surface area contributed by atoms with E-state index in [-0.39, 0.29) is 0 Å². The fourth-order valence-corrected chi connectivity index (χ4v) is 4.53. The van der Waals surface area contributed by atoms with Crippen molar-refractivity contribution >= 4 is 16.9 Å². The van der Waals surface area contributed by atoms with Gasteiger partial charge in [-0.15, -0.1) is 0 Å². The second-order valence-electron chi connectivity index (χ2n) is 5.71. The van der Waals surface area contributed by atoms with Gasteiger partial charge in [0.2, 0.25) is 0 Å². The lowest BCUT2D eigenvalue weighted by Crippen LogP contribution is -2.32. The molecule has 0 amide bonds. The van der Waals surface area contributed by atoms with E-state index >= 15 is 0 Å². The summed E-state index contributed by atoms with van der Waals surface area (Å²) in [6, 6.07) is 0.694. The minimum atomic E-state index is 0.694. The second kappa shape index (κ2) is 7.42. The van der Waals surface area contributed by atoms with E-state index in [0.29, 0.717) is 6.04 Å². The van der Waals surface area contributed by atoms with Crippen LogP contribution in [0.4, 0.5) is 0 Å². The quantitative estimate of drug-likeness (QED) is 0.773. The number of amidine groups is 1. The third kappa shape index (κ3) is 3.91. The summed E-state index contributed by atoms with van der Waals surface area (Å²) in [6.45, 7) is 5.66. The minimum absolute atomic E-state index is 0.694. The molecule has 1 aliphatic heterocycles. The molecule has 0 radical (unpaired) electrons. The van der Waals surface area contributed by atoms with Crippen LogP contribution in [0.1, 0.15) is 65.2 Å². The molecule has 104 valence electrons. The van der Waals surface area contributed by atoms with E-state index < -0.39 is 0 Å². The predicted molar refractivity (Wildman–Crippen MR) is 82.4 cm³/mol. The topological polar surface area (TPSA) is 24.4 Å². The van der Waals surface area contributed by atoms with Gasteiger partial charge in [0.15, 0.2) is 5.17 Å². The maximum absolute atomic E-state index is 4.73. The lowest BCUT2D eigenvalue weighted by atomic mass is 9.99. The molecule has 1 N–H and O–H groups in total. The van der Waals surface area contributed by atoms with Crippen molar-refractivity contribution in [3.05, 3.63) is 0 Å². The molecule has 0 saturated heterocycles. The molecule has 1 aliphatic carbocycles. The first-order valence-electron chi connectivity index (χ1n) is 7.81. The Hall–Kier alpha value is -0.180. The molecular weight excluding hydrogens is 240 g/mol. The summed E-state index contributed by atoms with van der Waals surface area (Å²) < 4.78 is 0. The van der Waals surface area contributed by atoms with E-state index in [1.807, 2.05) is 11.8 Å². The van der Waals surface area contributed by atoms with Gasteiger partial charge in [0.25, 0.3) is 0 Å². The lowest BCUT2D eigenvalue weighted by molar-refractivity contribution is 0.479. The fourth-order valence-electron chi connectivity index (χ4n) is 3.13. The van der Waals surface area contributed by atoms with Gasteiger partial charge in [-0.25, -0.2) is 0 Å². The van der Waals surface area contributed by atoms with Crippen molar-refractivity contribution in [2.45, 2.75) is 76.5 Å². The monoisotopic (exact) mass is 268 g/mol. The van der Waals surface area contributed by atoms with Gasteiger partial charge in [0, 0.05) is 11.3 Å². The Morgan fingerprint density at radius 2 is 1.83 bits per heavy atom. The average Bonchev–Trinajstić information content (AvgIpc) is 2.68. The van der Waals surface area contributed by atoms with Gasteiger partial charge in [0.1, 0.15) is 0 Å². The first-order chi connectivity index (χ1) is 8.83. The summed E-state index contributed by atoms with van der Waals surface area (Å²) in [5.41, 5.74) is 0. The predicted octanol–water partition coefficient (Wildman–Crippen LogP) is 4.21. The Balaban J connectivity index is 1.77. The Bertz CT molecular complexity index is 266. The lowest BCUT2D eigenvalue weighted by Gasteiger charge is -2.20. The molecule has 3 heteroatoms. The van der Waals surface area contributed by atoms with Gasteiger partial charge in [-0.3, -0.25) is 4.99 Å². The molecule has 0 aromatic heterocycles. The summed E-state index contributed by atoms with van der Waals surface area (Å²) in [6.07, 6.45) is 10.9. The summed E-state index contributed by atoms with van der Waals surface area (Å²) >= 11 is 2.01. The minimum Gasteiger partial charge on any atom is -0.362 e. The van der Waals surface area contributed by atoms with Crippen LogP contribution in [0, 0.1) is 5.92 Å². The standard InChI is InChI=1S/C15H28N2S/c1-3-12(4-2)14-11-16-15(18-14)17-13-9-7-5-6-8-10-13/h12-14H,3-11H2,1-2H3,(H,16,17). The van der Waals surface area contributed by atoms with Crippen molar-refractivity contribution in [3.63, 3.8) is 0 Å². The van der Waals surface area contributed by atoms with Crippen LogP contribution in [-0.4, -0.2) is 23.0 Å². The van der Waals surface area contributed by atoms with Crippen LogP contribution in [-0.2, 0) is 0 Å². The van der Waals surface area contributed by atoms with Crippen LogP contribution in [0.2, 0.25) is 0 Å². The number of hydrogen-bond donors (Lipinski definition) is 1. The van der Waals surface area contributed by atoms with Gasteiger partial charge < -0.3 is 5.32 Å². The molecule has 1 atom stereocenters. The zero-order chi connectivity index (χ0) is 12.8. The molecular formula is C15H28N2S. The zero-order valence-electron chi connectivity index (χ0n) is 12.0. The van der Waals surface area contributed by atoms with Gasteiger partial charge in [0.05, 0.1) is 6.54 Å².